The van der Waals surface area contributed by atoms with Crippen LogP contribution in [-0.4, -0.2) is 41.9 Å². The predicted octanol–water partition coefficient (Wildman–Crippen LogP) is 5.56. The maximum Gasteiger partial charge on any atom is 0.264 e. The van der Waals surface area contributed by atoms with Crippen molar-refractivity contribution >= 4 is 28.8 Å². The topological polar surface area (TPSA) is 32.8 Å². The van der Waals surface area contributed by atoms with Crippen LogP contribution in [0.2, 0.25) is 5.02 Å². The molecule has 0 radical (unpaired) electrons. The lowest BCUT2D eigenvalue weighted by molar-refractivity contribution is 0.0633. The van der Waals surface area contributed by atoms with Gasteiger partial charge in [-0.15, -0.1) is 11.3 Å². The van der Waals surface area contributed by atoms with Crippen molar-refractivity contribution in [2.45, 2.75) is 27.0 Å². The Kier molecular flexibility index (Phi) is 6.96. The number of hydrogen-bond acceptors (Lipinski definition) is 4. The highest BCUT2D eigenvalue weighted by molar-refractivity contribution is 7.12. The van der Waals surface area contributed by atoms with E-state index in [2.05, 4.69) is 43.0 Å². The van der Waals surface area contributed by atoms with E-state index in [0.29, 0.717) is 6.61 Å². The molecule has 1 amide bonds. The minimum Gasteiger partial charge on any atom is -0.489 e. The Hall–Kier alpha value is -2.34. The smallest absolute Gasteiger partial charge is 0.264 e. The molecule has 1 saturated heterocycles. The van der Waals surface area contributed by atoms with Gasteiger partial charge < -0.3 is 9.64 Å². The standard InChI is InChI=1S/C25H27ClN2O2S/c1-18-3-8-23(13-19(18)2)30-16-21-14-24(31-17-21)25(29)28-11-9-27(10-12-28)15-20-4-6-22(26)7-5-20/h3-8,13-14,17H,9-12,15-16H2,1-2H3. The third-order valence-electron chi connectivity index (χ3n) is 5.73. The summed E-state index contributed by atoms with van der Waals surface area (Å²) in [7, 11) is 0. The Bertz CT molecular complexity index is 1040. The van der Waals surface area contributed by atoms with Gasteiger partial charge in [0.1, 0.15) is 12.4 Å². The molecule has 0 bridgehead atoms. The summed E-state index contributed by atoms with van der Waals surface area (Å²) in [5.41, 5.74) is 4.75. The van der Waals surface area contributed by atoms with Crippen LogP contribution in [0.25, 0.3) is 0 Å². The van der Waals surface area contributed by atoms with E-state index in [9.17, 15) is 4.79 Å². The van der Waals surface area contributed by atoms with E-state index in [1.54, 1.807) is 0 Å². The number of amides is 1. The van der Waals surface area contributed by atoms with Gasteiger partial charge in [-0.25, -0.2) is 0 Å². The van der Waals surface area contributed by atoms with Gasteiger partial charge in [-0.1, -0.05) is 29.8 Å². The fraction of sp³-hybridized carbons (Fsp3) is 0.320. The second kappa shape index (κ2) is 9.86. The highest BCUT2D eigenvalue weighted by atomic mass is 35.5. The number of carbonyl (C=O) groups is 1. The van der Waals surface area contributed by atoms with Gasteiger partial charge in [0.25, 0.3) is 5.91 Å². The summed E-state index contributed by atoms with van der Waals surface area (Å²) < 4.78 is 5.91. The van der Waals surface area contributed by atoms with E-state index < -0.39 is 0 Å². The molecule has 6 heteroatoms. The summed E-state index contributed by atoms with van der Waals surface area (Å²) in [6.07, 6.45) is 0. The molecule has 1 aliphatic rings. The summed E-state index contributed by atoms with van der Waals surface area (Å²) in [6, 6.07) is 16.1. The molecule has 1 aliphatic heterocycles. The Labute approximate surface area is 193 Å². The molecular weight excluding hydrogens is 428 g/mol. The summed E-state index contributed by atoms with van der Waals surface area (Å²) >= 11 is 7.47. The maximum atomic E-state index is 12.9. The van der Waals surface area contributed by atoms with Gasteiger partial charge in [0.2, 0.25) is 0 Å². The average molecular weight is 455 g/mol. The van der Waals surface area contributed by atoms with Gasteiger partial charge >= 0.3 is 0 Å². The summed E-state index contributed by atoms with van der Waals surface area (Å²) in [6.45, 7) is 8.79. The van der Waals surface area contributed by atoms with Crippen LogP contribution < -0.4 is 4.74 Å². The molecule has 0 N–H and O–H groups in total. The van der Waals surface area contributed by atoms with Crippen LogP contribution in [0.5, 0.6) is 5.75 Å². The zero-order chi connectivity index (χ0) is 21.8. The first-order valence-corrected chi connectivity index (χ1v) is 11.8. The number of hydrogen-bond donors (Lipinski definition) is 0. The predicted molar refractivity (Wildman–Crippen MR) is 127 cm³/mol. The first-order chi connectivity index (χ1) is 15.0. The van der Waals surface area contributed by atoms with Crippen molar-refractivity contribution in [3.8, 4) is 5.75 Å². The Morgan fingerprint density at radius 2 is 1.71 bits per heavy atom. The quantitative estimate of drug-likeness (QED) is 0.489. The lowest BCUT2D eigenvalue weighted by atomic mass is 10.1. The number of thiophene rings is 1. The van der Waals surface area contributed by atoms with E-state index in [4.69, 9.17) is 16.3 Å². The number of nitrogens with zero attached hydrogens (tertiary/aromatic N) is 2. The molecule has 0 saturated carbocycles. The van der Waals surface area contributed by atoms with Gasteiger partial charge in [-0.3, -0.25) is 9.69 Å². The third kappa shape index (κ3) is 5.67. The van der Waals surface area contributed by atoms with E-state index in [-0.39, 0.29) is 5.91 Å². The van der Waals surface area contributed by atoms with Crippen LogP contribution in [0.15, 0.2) is 53.9 Å². The summed E-state index contributed by atoms with van der Waals surface area (Å²) in [5.74, 6) is 0.979. The Balaban J connectivity index is 1.27. The van der Waals surface area contributed by atoms with E-state index in [0.717, 1.165) is 53.9 Å². The van der Waals surface area contributed by atoms with Crippen LogP contribution in [0.3, 0.4) is 0 Å². The largest absolute Gasteiger partial charge is 0.489 e. The number of piperazine rings is 1. The molecule has 2 heterocycles. The van der Waals surface area contributed by atoms with Crippen molar-refractivity contribution in [2.75, 3.05) is 26.2 Å². The molecule has 3 aromatic rings. The van der Waals surface area contributed by atoms with Crippen LogP contribution in [-0.2, 0) is 13.2 Å². The van der Waals surface area contributed by atoms with E-state index >= 15 is 0 Å². The SMILES string of the molecule is Cc1ccc(OCc2csc(C(=O)N3CCN(Cc4ccc(Cl)cc4)CC3)c2)cc1C. The van der Waals surface area contributed by atoms with Gasteiger partial charge in [0.05, 0.1) is 4.88 Å². The normalized spacial score (nSPS) is 14.6. The Morgan fingerprint density at radius 1 is 0.968 bits per heavy atom. The van der Waals surface area contributed by atoms with Gasteiger partial charge in [-0.05, 0) is 66.2 Å². The molecule has 0 unspecified atom stereocenters. The minimum absolute atomic E-state index is 0.119. The molecular formula is C25H27ClN2O2S. The highest BCUT2D eigenvalue weighted by Gasteiger charge is 2.23. The van der Waals surface area contributed by atoms with Crippen molar-refractivity contribution in [1.29, 1.82) is 0 Å². The number of aryl methyl sites for hydroxylation is 2. The van der Waals surface area contributed by atoms with Crippen molar-refractivity contribution in [1.82, 2.24) is 9.80 Å². The molecule has 0 aliphatic carbocycles. The van der Waals surface area contributed by atoms with E-state index in [1.807, 2.05) is 34.5 Å². The van der Waals surface area contributed by atoms with Crippen molar-refractivity contribution in [3.63, 3.8) is 0 Å². The monoisotopic (exact) mass is 454 g/mol. The van der Waals surface area contributed by atoms with Crippen LogP contribution in [0.1, 0.15) is 31.9 Å². The molecule has 1 aromatic heterocycles. The van der Waals surface area contributed by atoms with Crippen molar-refractivity contribution in [3.05, 3.63) is 86.1 Å². The molecule has 31 heavy (non-hydrogen) atoms. The second-order valence-electron chi connectivity index (χ2n) is 8.05. The first-order valence-electron chi connectivity index (χ1n) is 10.5. The molecule has 4 rings (SSSR count). The average Bonchev–Trinajstić information content (AvgIpc) is 3.25. The second-order valence-corrected chi connectivity index (χ2v) is 9.40. The molecule has 1 fully saturated rings. The summed E-state index contributed by atoms with van der Waals surface area (Å²) in [5, 5.41) is 2.78. The number of carbonyl (C=O) groups excluding carboxylic acids is 1. The van der Waals surface area contributed by atoms with Crippen molar-refractivity contribution in [2.24, 2.45) is 0 Å². The highest BCUT2D eigenvalue weighted by Crippen LogP contribution is 2.22. The summed E-state index contributed by atoms with van der Waals surface area (Å²) in [4.78, 5) is 18.1. The zero-order valence-electron chi connectivity index (χ0n) is 17.9. The van der Waals surface area contributed by atoms with Gasteiger partial charge in [-0.2, -0.15) is 0 Å². The van der Waals surface area contributed by atoms with E-state index in [1.165, 1.54) is 28.0 Å². The van der Waals surface area contributed by atoms with Gasteiger partial charge in [0, 0.05) is 43.3 Å². The van der Waals surface area contributed by atoms with Crippen LogP contribution in [0.4, 0.5) is 0 Å². The van der Waals surface area contributed by atoms with Crippen LogP contribution in [0, 0.1) is 13.8 Å². The maximum absolute atomic E-state index is 12.9. The van der Waals surface area contributed by atoms with Crippen molar-refractivity contribution < 1.29 is 9.53 Å². The fourth-order valence-corrected chi connectivity index (χ4v) is 4.64. The number of rotatable bonds is 6. The molecule has 162 valence electrons. The first kappa shape index (κ1) is 21.9. The third-order valence-corrected chi connectivity index (χ3v) is 6.95. The number of benzene rings is 2. The molecule has 4 nitrogen and oxygen atoms in total. The number of ether oxygens (including phenoxy) is 1. The molecule has 2 aromatic carbocycles. The number of halogens is 1. The molecule has 0 atom stereocenters. The zero-order valence-corrected chi connectivity index (χ0v) is 19.5. The molecule has 0 spiro atoms. The van der Waals surface area contributed by atoms with Crippen LogP contribution >= 0.6 is 22.9 Å². The lowest BCUT2D eigenvalue weighted by Gasteiger charge is -2.34. The van der Waals surface area contributed by atoms with Gasteiger partial charge in [0.15, 0.2) is 0 Å². The Morgan fingerprint density at radius 3 is 2.42 bits per heavy atom. The lowest BCUT2D eigenvalue weighted by Crippen LogP contribution is -2.48. The minimum atomic E-state index is 0.119. The fourth-order valence-electron chi connectivity index (χ4n) is 3.65.